The second-order valence-electron chi connectivity index (χ2n) is 8.99. The molecule has 1 amide bonds. The van der Waals surface area contributed by atoms with Crippen LogP contribution in [0.15, 0.2) is 67.0 Å². The number of carbonyl (C=O) groups excluding carboxylic acids is 1. The first-order chi connectivity index (χ1) is 17.0. The normalized spacial score (nSPS) is 13.0. The van der Waals surface area contributed by atoms with Crippen molar-refractivity contribution >= 4 is 5.91 Å². The van der Waals surface area contributed by atoms with Crippen molar-refractivity contribution in [1.82, 2.24) is 20.1 Å². The molecule has 1 aliphatic heterocycles. The van der Waals surface area contributed by atoms with E-state index in [4.69, 9.17) is 15.6 Å². The summed E-state index contributed by atoms with van der Waals surface area (Å²) in [5.41, 5.74) is 13.5. The van der Waals surface area contributed by atoms with Crippen molar-refractivity contribution in [2.45, 2.75) is 39.5 Å². The third-order valence-electron chi connectivity index (χ3n) is 6.33. The number of aromatic nitrogens is 3. The van der Waals surface area contributed by atoms with Crippen molar-refractivity contribution in [2.24, 2.45) is 5.73 Å². The summed E-state index contributed by atoms with van der Waals surface area (Å²) in [5, 5.41) is 7.71. The number of nitrogens with one attached hydrogen (secondary N) is 1. The van der Waals surface area contributed by atoms with Gasteiger partial charge in [-0.25, -0.2) is 0 Å². The molecule has 0 radical (unpaired) electrons. The zero-order chi connectivity index (χ0) is 24.4. The van der Waals surface area contributed by atoms with Gasteiger partial charge in [-0.15, -0.1) is 0 Å². The van der Waals surface area contributed by atoms with Crippen LogP contribution in [0.25, 0.3) is 22.4 Å². The molecule has 2 aromatic heterocycles. The van der Waals surface area contributed by atoms with Crippen molar-refractivity contribution in [1.29, 1.82) is 0 Å². The lowest BCUT2D eigenvalue weighted by atomic mass is 9.95. The predicted molar refractivity (Wildman–Crippen MR) is 136 cm³/mol. The van der Waals surface area contributed by atoms with Gasteiger partial charge in [0.1, 0.15) is 23.7 Å². The number of benzene rings is 2. The molecular weight excluding hydrogens is 438 g/mol. The Morgan fingerprint density at radius 2 is 1.83 bits per heavy atom. The highest BCUT2D eigenvalue weighted by atomic mass is 16.5. The maximum Gasteiger partial charge on any atom is 0.270 e. The molecule has 7 nitrogen and oxygen atoms in total. The third kappa shape index (κ3) is 4.55. The van der Waals surface area contributed by atoms with Crippen LogP contribution in [0.2, 0.25) is 0 Å². The van der Waals surface area contributed by atoms with Crippen molar-refractivity contribution in [3.63, 3.8) is 0 Å². The molecular formula is C28H29N5O2. The van der Waals surface area contributed by atoms with Crippen LogP contribution in [-0.2, 0) is 19.7 Å². The first-order valence-corrected chi connectivity index (χ1v) is 11.9. The molecule has 3 heterocycles. The van der Waals surface area contributed by atoms with E-state index in [1.54, 1.807) is 17.1 Å². The van der Waals surface area contributed by atoms with Gasteiger partial charge in [-0.1, -0.05) is 44.2 Å². The van der Waals surface area contributed by atoms with Crippen molar-refractivity contribution in [3.05, 3.63) is 89.4 Å². The molecule has 35 heavy (non-hydrogen) atoms. The molecule has 5 rings (SSSR count). The van der Waals surface area contributed by atoms with Gasteiger partial charge in [0.25, 0.3) is 5.91 Å². The highest BCUT2D eigenvalue weighted by Crippen LogP contribution is 2.36. The summed E-state index contributed by atoms with van der Waals surface area (Å²) >= 11 is 0. The highest BCUT2D eigenvalue weighted by molar-refractivity contribution is 6.03. The van der Waals surface area contributed by atoms with E-state index in [2.05, 4.69) is 42.3 Å². The first-order valence-electron chi connectivity index (χ1n) is 11.9. The van der Waals surface area contributed by atoms with E-state index in [0.29, 0.717) is 37.9 Å². The van der Waals surface area contributed by atoms with Crippen LogP contribution in [0.1, 0.15) is 46.9 Å². The van der Waals surface area contributed by atoms with Crippen LogP contribution in [-0.4, -0.2) is 27.2 Å². The zero-order valence-electron chi connectivity index (χ0n) is 20.0. The minimum atomic E-state index is -0.111. The molecule has 0 aliphatic carbocycles. The van der Waals surface area contributed by atoms with Crippen LogP contribution >= 0.6 is 0 Å². The summed E-state index contributed by atoms with van der Waals surface area (Å²) in [7, 11) is 0. The van der Waals surface area contributed by atoms with Crippen molar-refractivity contribution in [3.8, 4) is 28.1 Å². The summed E-state index contributed by atoms with van der Waals surface area (Å²) in [6, 6.07) is 18.0. The smallest absolute Gasteiger partial charge is 0.270 e. The third-order valence-corrected chi connectivity index (χ3v) is 6.33. The van der Waals surface area contributed by atoms with Gasteiger partial charge in [0.05, 0.1) is 6.54 Å². The molecule has 0 bridgehead atoms. The van der Waals surface area contributed by atoms with Gasteiger partial charge in [-0.3, -0.25) is 14.5 Å². The van der Waals surface area contributed by atoms with E-state index >= 15 is 0 Å². The lowest BCUT2D eigenvalue weighted by Gasteiger charge is -2.16. The molecule has 0 unspecified atom stereocenters. The van der Waals surface area contributed by atoms with Crippen molar-refractivity contribution < 1.29 is 9.53 Å². The summed E-state index contributed by atoms with van der Waals surface area (Å²) < 4.78 is 7.86. The lowest BCUT2D eigenvalue weighted by Crippen LogP contribution is -2.35. The number of hydrogen-bond donors (Lipinski definition) is 2. The quantitative estimate of drug-likeness (QED) is 0.417. The fourth-order valence-electron chi connectivity index (χ4n) is 4.57. The number of hydrogen-bond acceptors (Lipinski definition) is 5. The average molecular weight is 468 g/mol. The Balaban J connectivity index is 1.42. The Morgan fingerprint density at radius 3 is 2.54 bits per heavy atom. The molecule has 0 saturated heterocycles. The fraction of sp³-hybridized carbons (Fsp3) is 0.250. The maximum atomic E-state index is 12.8. The van der Waals surface area contributed by atoms with Crippen LogP contribution in [0.5, 0.6) is 5.75 Å². The lowest BCUT2D eigenvalue weighted by molar-refractivity contribution is 0.0925. The Hall–Kier alpha value is -3.97. The van der Waals surface area contributed by atoms with E-state index < -0.39 is 0 Å². The molecule has 3 N–H and O–H groups in total. The molecule has 1 aliphatic rings. The number of pyridine rings is 1. The SMILES string of the molecule is CC(C)c1ccc(COc2ccc(-c3c(-c4ccncc4)nn4c3C(=O)NCC4)cc2)cc1CN. The molecule has 0 atom stereocenters. The number of carbonyl (C=O) groups is 1. The number of fused-ring (bicyclic) bond motifs is 1. The number of nitrogens with zero attached hydrogens (tertiary/aromatic N) is 3. The van der Waals surface area contributed by atoms with Crippen LogP contribution in [0.3, 0.4) is 0 Å². The van der Waals surface area contributed by atoms with Crippen LogP contribution < -0.4 is 15.8 Å². The second-order valence-corrected chi connectivity index (χ2v) is 8.99. The summed E-state index contributed by atoms with van der Waals surface area (Å²) in [4.78, 5) is 16.9. The molecule has 2 aromatic carbocycles. The maximum absolute atomic E-state index is 12.8. The van der Waals surface area contributed by atoms with E-state index in [1.807, 2.05) is 36.4 Å². The summed E-state index contributed by atoms with van der Waals surface area (Å²) in [5.74, 6) is 1.08. The Kier molecular flexibility index (Phi) is 6.33. The first kappa shape index (κ1) is 22.8. The van der Waals surface area contributed by atoms with Crippen molar-refractivity contribution in [2.75, 3.05) is 6.54 Å². The summed E-state index contributed by atoms with van der Waals surface area (Å²) in [6.45, 7) is 6.53. The molecule has 4 aromatic rings. The summed E-state index contributed by atoms with van der Waals surface area (Å²) in [6.07, 6.45) is 3.47. The van der Waals surface area contributed by atoms with E-state index in [9.17, 15) is 4.79 Å². The standard InChI is InChI=1S/C28H29N5O2/c1-18(2)24-8-3-19(15-22(24)16-29)17-35-23-6-4-20(5-7-23)25-26(21-9-11-30-12-10-21)32-33-14-13-31-28(34)27(25)33/h3-12,15,18H,13-14,16-17,29H2,1-2H3,(H,31,34). The number of rotatable bonds is 7. The average Bonchev–Trinajstić information content (AvgIpc) is 3.29. The fourth-order valence-corrected chi connectivity index (χ4v) is 4.57. The Bertz CT molecular complexity index is 1340. The second kappa shape index (κ2) is 9.72. The number of amides is 1. The van der Waals surface area contributed by atoms with E-state index in [0.717, 1.165) is 39.3 Å². The minimum absolute atomic E-state index is 0.111. The van der Waals surface area contributed by atoms with Gasteiger partial charge >= 0.3 is 0 Å². The van der Waals surface area contributed by atoms with Gasteiger partial charge in [-0.2, -0.15) is 5.10 Å². The monoisotopic (exact) mass is 467 g/mol. The minimum Gasteiger partial charge on any atom is -0.489 e. The molecule has 7 heteroatoms. The molecule has 178 valence electrons. The molecule has 0 spiro atoms. The molecule has 0 fully saturated rings. The van der Waals surface area contributed by atoms with Crippen LogP contribution in [0.4, 0.5) is 0 Å². The number of nitrogens with two attached hydrogens (primary N) is 1. The van der Waals surface area contributed by atoms with Gasteiger partial charge in [0.2, 0.25) is 0 Å². The topological polar surface area (TPSA) is 95.1 Å². The van der Waals surface area contributed by atoms with Gasteiger partial charge in [-0.05, 0) is 52.4 Å². The largest absolute Gasteiger partial charge is 0.489 e. The Morgan fingerprint density at radius 1 is 1.06 bits per heavy atom. The van der Waals surface area contributed by atoms with Gasteiger partial charge in [0, 0.05) is 36.6 Å². The zero-order valence-corrected chi connectivity index (χ0v) is 20.0. The van der Waals surface area contributed by atoms with Gasteiger partial charge in [0.15, 0.2) is 0 Å². The molecule has 0 saturated carbocycles. The number of ether oxygens (including phenoxy) is 1. The van der Waals surface area contributed by atoms with E-state index in [-0.39, 0.29) is 5.91 Å². The van der Waals surface area contributed by atoms with Gasteiger partial charge < -0.3 is 15.8 Å². The van der Waals surface area contributed by atoms with Crippen LogP contribution in [0, 0.1) is 0 Å². The predicted octanol–water partition coefficient (Wildman–Crippen LogP) is 4.52. The Labute approximate surface area is 205 Å². The highest BCUT2D eigenvalue weighted by Gasteiger charge is 2.27. The van der Waals surface area contributed by atoms with E-state index in [1.165, 1.54) is 5.56 Å².